The molecular formula is C19H24N4OS. The Bertz CT molecular complexity index is 695. The molecule has 1 N–H and O–H groups in total. The van der Waals surface area contributed by atoms with Gasteiger partial charge in [-0.2, -0.15) is 0 Å². The number of nitrogens with zero attached hydrogens (tertiary/aromatic N) is 3. The van der Waals surface area contributed by atoms with E-state index in [4.69, 9.17) is 0 Å². The molecule has 1 unspecified atom stereocenters. The van der Waals surface area contributed by atoms with Crippen LogP contribution in [0, 0.1) is 0 Å². The molecule has 0 saturated carbocycles. The number of benzene rings is 1. The van der Waals surface area contributed by atoms with Crippen molar-refractivity contribution in [2.45, 2.75) is 31.7 Å². The molecular weight excluding hydrogens is 332 g/mol. The van der Waals surface area contributed by atoms with E-state index in [2.05, 4.69) is 15.2 Å². The van der Waals surface area contributed by atoms with E-state index in [0.29, 0.717) is 6.04 Å². The monoisotopic (exact) mass is 356 g/mol. The van der Waals surface area contributed by atoms with E-state index >= 15 is 0 Å². The number of urea groups is 1. The fourth-order valence-electron chi connectivity index (χ4n) is 3.81. The summed E-state index contributed by atoms with van der Waals surface area (Å²) in [4.78, 5) is 21.5. The summed E-state index contributed by atoms with van der Waals surface area (Å²) in [6.07, 6.45) is 6.72. The maximum absolute atomic E-state index is 12.6. The molecule has 4 rings (SSSR count). The highest BCUT2D eigenvalue weighted by molar-refractivity contribution is 7.13. The number of hydrogen-bond donors (Lipinski definition) is 1. The second kappa shape index (κ2) is 7.54. The van der Waals surface area contributed by atoms with Crippen LogP contribution in [0.4, 0.5) is 10.5 Å². The summed E-state index contributed by atoms with van der Waals surface area (Å²) in [6, 6.07) is 8.49. The van der Waals surface area contributed by atoms with Crippen molar-refractivity contribution in [3.8, 4) is 10.6 Å². The summed E-state index contributed by atoms with van der Waals surface area (Å²) in [5, 5.41) is 6.02. The molecule has 25 heavy (non-hydrogen) atoms. The first-order valence-corrected chi connectivity index (χ1v) is 9.97. The van der Waals surface area contributed by atoms with Crippen LogP contribution in [-0.2, 0) is 0 Å². The number of piperidine rings is 1. The Kier molecular flexibility index (Phi) is 4.99. The standard InChI is InChI=1S/C19H24N4OS/c24-19(23-12-3-4-17(14-23)22-10-1-2-11-22)21-16-7-5-15(6-8-16)18-20-9-13-25-18/h5-9,13,17H,1-4,10-12,14H2,(H,21,24). The van der Waals surface area contributed by atoms with Crippen molar-refractivity contribution in [1.82, 2.24) is 14.8 Å². The van der Waals surface area contributed by atoms with Gasteiger partial charge in [-0.05, 0) is 63.0 Å². The maximum Gasteiger partial charge on any atom is 0.321 e. The molecule has 2 aromatic rings. The smallest absolute Gasteiger partial charge is 0.321 e. The van der Waals surface area contributed by atoms with Crippen molar-refractivity contribution in [3.63, 3.8) is 0 Å². The fraction of sp³-hybridized carbons (Fsp3) is 0.474. The van der Waals surface area contributed by atoms with Gasteiger partial charge in [0.05, 0.1) is 0 Å². The van der Waals surface area contributed by atoms with Crippen molar-refractivity contribution in [2.75, 3.05) is 31.5 Å². The molecule has 0 spiro atoms. The van der Waals surface area contributed by atoms with Crippen molar-refractivity contribution in [2.24, 2.45) is 0 Å². The Hall–Kier alpha value is -1.92. The number of aromatic nitrogens is 1. The van der Waals surface area contributed by atoms with Crippen LogP contribution >= 0.6 is 11.3 Å². The minimum Gasteiger partial charge on any atom is -0.323 e. The van der Waals surface area contributed by atoms with E-state index < -0.39 is 0 Å². The van der Waals surface area contributed by atoms with Gasteiger partial charge in [0.25, 0.3) is 0 Å². The highest BCUT2D eigenvalue weighted by Crippen LogP contribution is 2.24. The Morgan fingerprint density at radius 3 is 2.64 bits per heavy atom. The van der Waals surface area contributed by atoms with Gasteiger partial charge in [-0.3, -0.25) is 4.90 Å². The Balaban J connectivity index is 1.36. The number of likely N-dealkylation sites (tertiary alicyclic amines) is 2. The molecule has 132 valence electrons. The number of thiazole rings is 1. The van der Waals surface area contributed by atoms with E-state index in [9.17, 15) is 4.79 Å². The van der Waals surface area contributed by atoms with Crippen LogP contribution in [0.2, 0.25) is 0 Å². The average Bonchev–Trinajstić information content (AvgIpc) is 3.36. The molecule has 3 heterocycles. The van der Waals surface area contributed by atoms with Gasteiger partial charge >= 0.3 is 6.03 Å². The first-order chi connectivity index (χ1) is 12.3. The van der Waals surface area contributed by atoms with Gasteiger partial charge in [0.2, 0.25) is 0 Å². The predicted octanol–water partition coefficient (Wildman–Crippen LogP) is 3.90. The van der Waals surface area contributed by atoms with Crippen LogP contribution < -0.4 is 5.32 Å². The minimum absolute atomic E-state index is 0.0193. The normalized spacial score (nSPS) is 21.4. The van der Waals surface area contributed by atoms with E-state index in [-0.39, 0.29) is 6.03 Å². The zero-order valence-electron chi connectivity index (χ0n) is 14.4. The first-order valence-electron chi connectivity index (χ1n) is 9.09. The van der Waals surface area contributed by atoms with Gasteiger partial charge in [0, 0.05) is 42.0 Å². The molecule has 1 atom stereocenters. The minimum atomic E-state index is 0.0193. The fourth-order valence-corrected chi connectivity index (χ4v) is 4.45. The molecule has 1 aromatic carbocycles. The van der Waals surface area contributed by atoms with Crippen molar-refractivity contribution in [1.29, 1.82) is 0 Å². The van der Waals surface area contributed by atoms with E-state index in [1.807, 2.05) is 40.7 Å². The maximum atomic E-state index is 12.6. The zero-order valence-corrected chi connectivity index (χ0v) is 15.2. The lowest BCUT2D eigenvalue weighted by Crippen LogP contribution is -2.50. The topological polar surface area (TPSA) is 48.5 Å². The van der Waals surface area contributed by atoms with E-state index in [0.717, 1.165) is 35.8 Å². The quantitative estimate of drug-likeness (QED) is 0.907. The Morgan fingerprint density at radius 2 is 1.92 bits per heavy atom. The highest BCUT2D eigenvalue weighted by atomic mass is 32.1. The molecule has 2 amide bonds. The van der Waals surface area contributed by atoms with Crippen LogP contribution in [0.15, 0.2) is 35.8 Å². The van der Waals surface area contributed by atoms with Crippen molar-refractivity contribution < 1.29 is 4.79 Å². The van der Waals surface area contributed by atoms with Gasteiger partial charge < -0.3 is 10.2 Å². The number of carbonyl (C=O) groups excluding carboxylic acids is 1. The number of amides is 2. The summed E-state index contributed by atoms with van der Waals surface area (Å²) >= 11 is 1.62. The van der Waals surface area contributed by atoms with Crippen LogP contribution in [0.25, 0.3) is 10.6 Å². The third-order valence-electron chi connectivity index (χ3n) is 5.16. The molecule has 2 aliphatic heterocycles. The molecule has 5 nitrogen and oxygen atoms in total. The number of hydrogen-bond acceptors (Lipinski definition) is 4. The average molecular weight is 356 g/mol. The van der Waals surface area contributed by atoms with Gasteiger partial charge in [-0.1, -0.05) is 0 Å². The SMILES string of the molecule is O=C(Nc1ccc(-c2nccs2)cc1)N1CCCC(N2CCCC2)C1. The number of carbonyl (C=O) groups is 1. The molecule has 6 heteroatoms. The second-order valence-electron chi connectivity index (χ2n) is 6.83. The van der Waals surface area contributed by atoms with Gasteiger partial charge in [-0.15, -0.1) is 11.3 Å². The lowest BCUT2D eigenvalue weighted by Gasteiger charge is -2.37. The number of nitrogens with one attached hydrogen (secondary N) is 1. The Labute approximate surface area is 152 Å². The highest BCUT2D eigenvalue weighted by Gasteiger charge is 2.29. The van der Waals surface area contributed by atoms with Crippen LogP contribution in [-0.4, -0.2) is 53.0 Å². The van der Waals surface area contributed by atoms with E-state index in [1.54, 1.807) is 11.3 Å². The second-order valence-corrected chi connectivity index (χ2v) is 7.72. The Morgan fingerprint density at radius 1 is 1.12 bits per heavy atom. The van der Waals surface area contributed by atoms with Crippen LogP contribution in [0.1, 0.15) is 25.7 Å². The summed E-state index contributed by atoms with van der Waals surface area (Å²) in [5.41, 5.74) is 1.92. The van der Waals surface area contributed by atoms with Crippen LogP contribution in [0.5, 0.6) is 0 Å². The summed E-state index contributed by atoms with van der Waals surface area (Å²) in [7, 11) is 0. The van der Waals surface area contributed by atoms with E-state index in [1.165, 1.54) is 32.4 Å². The summed E-state index contributed by atoms with van der Waals surface area (Å²) in [5.74, 6) is 0. The molecule has 2 saturated heterocycles. The molecule has 2 aliphatic rings. The molecule has 0 aliphatic carbocycles. The zero-order chi connectivity index (χ0) is 17.1. The van der Waals surface area contributed by atoms with Gasteiger partial charge in [-0.25, -0.2) is 9.78 Å². The first kappa shape index (κ1) is 16.5. The number of anilines is 1. The largest absolute Gasteiger partial charge is 0.323 e. The van der Waals surface area contributed by atoms with Crippen LogP contribution in [0.3, 0.4) is 0 Å². The molecule has 0 bridgehead atoms. The molecule has 1 aromatic heterocycles. The molecule has 2 fully saturated rings. The van der Waals surface area contributed by atoms with Gasteiger partial charge in [0.1, 0.15) is 5.01 Å². The lowest BCUT2D eigenvalue weighted by molar-refractivity contribution is 0.132. The summed E-state index contributed by atoms with van der Waals surface area (Å²) in [6.45, 7) is 4.09. The van der Waals surface area contributed by atoms with Crippen molar-refractivity contribution >= 4 is 23.1 Å². The molecule has 0 radical (unpaired) electrons. The predicted molar refractivity (Wildman–Crippen MR) is 102 cm³/mol. The van der Waals surface area contributed by atoms with Gasteiger partial charge in [0.15, 0.2) is 0 Å². The summed E-state index contributed by atoms with van der Waals surface area (Å²) < 4.78 is 0. The lowest BCUT2D eigenvalue weighted by atomic mass is 10.0. The third-order valence-corrected chi connectivity index (χ3v) is 5.98. The number of rotatable bonds is 3. The third kappa shape index (κ3) is 3.85. The van der Waals surface area contributed by atoms with Crippen molar-refractivity contribution in [3.05, 3.63) is 35.8 Å².